The summed E-state index contributed by atoms with van der Waals surface area (Å²) in [6, 6.07) is 12.3. The lowest BCUT2D eigenvalue weighted by atomic mass is 10.1. The van der Waals surface area contributed by atoms with E-state index in [9.17, 15) is 14.7 Å². The first-order chi connectivity index (χ1) is 12.8. The predicted molar refractivity (Wildman–Crippen MR) is 105 cm³/mol. The average molecular weight is 387 g/mol. The number of hydrogen-bond acceptors (Lipinski definition) is 3. The highest BCUT2D eigenvalue weighted by atomic mass is 35.5. The zero-order valence-electron chi connectivity index (χ0n) is 15.2. The third kappa shape index (κ3) is 3.36. The molecule has 0 atom stereocenters. The van der Waals surface area contributed by atoms with Crippen LogP contribution in [0, 0.1) is 0 Å². The van der Waals surface area contributed by atoms with Gasteiger partial charge in [0.2, 0.25) is 5.91 Å². The molecule has 1 N–H and O–H groups in total. The van der Waals surface area contributed by atoms with E-state index < -0.39 is 5.97 Å². The molecule has 0 unspecified atom stereocenters. The van der Waals surface area contributed by atoms with Gasteiger partial charge >= 0.3 is 5.97 Å². The molecule has 0 spiro atoms. The summed E-state index contributed by atoms with van der Waals surface area (Å²) in [6.07, 6.45) is -0.0604. The zero-order valence-corrected chi connectivity index (χ0v) is 15.9. The molecule has 7 heteroatoms. The van der Waals surface area contributed by atoms with E-state index >= 15 is 0 Å². The minimum absolute atomic E-state index is 0.0604. The van der Waals surface area contributed by atoms with E-state index in [0.29, 0.717) is 22.0 Å². The molecule has 0 saturated carbocycles. The van der Waals surface area contributed by atoms with Crippen LogP contribution in [0.25, 0.3) is 10.9 Å². The van der Waals surface area contributed by atoms with E-state index in [4.69, 9.17) is 16.3 Å². The largest absolute Gasteiger partial charge is 0.495 e. The van der Waals surface area contributed by atoms with Crippen molar-refractivity contribution in [1.82, 2.24) is 4.57 Å². The van der Waals surface area contributed by atoms with Crippen LogP contribution in [0.1, 0.15) is 16.1 Å². The average Bonchev–Trinajstić information content (AvgIpc) is 2.93. The van der Waals surface area contributed by atoms with Crippen molar-refractivity contribution in [2.24, 2.45) is 7.05 Å². The van der Waals surface area contributed by atoms with Crippen LogP contribution in [0.15, 0.2) is 42.5 Å². The number of methoxy groups -OCH3 is 1. The summed E-state index contributed by atoms with van der Waals surface area (Å²) in [5.41, 5.74) is 1.88. The van der Waals surface area contributed by atoms with Crippen LogP contribution in [0.2, 0.25) is 5.02 Å². The van der Waals surface area contributed by atoms with Gasteiger partial charge in [-0.1, -0.05) is 29.8 Å². The number of likely N-dealkylation sites (N-methyl/N-ethyl adjacent to an activating group) is 1. The zero-order chi connectivity index (χ0) is 19.7. The van der Waals surface area contributed by atoms with Crippen molar-refractivity contribution in [2.75, 3.05) is 19.1 Å². The highest BCUT2D eigenvalue weighted by Crippen LogP contribution is 2.32. The number of carboxylic acids is 1. The number of para-hydroxylation sites is 1. The Morgan fingerprint density at radius 3 is 2.59 bits per heavy atom. The Morgan fingerprint density at radius 2 is 1.93 bits per heavy atom. The number of halogens is 1. The monoisotopic (exact) mass is 386 g/mol. The standard InChI is InChI=1S/C20H19ClN2O4/c1-22(16-10-12(21)8-9-17(16)27-3)18(24)11-14-13-6-4-5-7-15(13)23(2)19(14)20(25)26/h4-10H,11H2,1-3H3,(H,25,26). The molecule has 0 fully saturated rings. The quantitative estimate of drug-likeness (QED) is 0.725. The predicted octanol–water partition coefficient (Wildman–Crippen LogP) is 3.74. The Morgan fingerprint density at radius 1 is 1.22 bits per heavy atom. The Bertz CT molecular complexity index is 1040. The maximum Gasteiger partial charge on any atom is 0.352 e. The maximum atomic E-state index is 12.9. The van der Waals surface area contributed by atoms with E-state index in [1.54, 1.807) is 36.9 Å². The molecule has 0 aliphatic carbocycles. The lowest BCUT2D eigenvalue weighted by Crippen LogP contribution is -2.29. The number of amides is 1. The molecule has 0 radical (unpaired) electrons. The smallest absolute Gasteiger partial charge is 0.352 e. The molecule has 27 heavy (non-hydrogen) atoms. The molecule has 6 nitrogen and oxygen atoms in total. The molecule has 3 rings (SSSR count). The highest BCUT2D eigenvalue weighted by Gasteiger charge is 2.24. The second kappa shape index (κ2) is 7.32. The van der Waals surface area contributed by atoms with Crippen molar-refractivity contribution >= 4 is 40.1 Å². The number of aromatic nitrogens is 1. The molecule has 3 aromatic rings. The van der Waals surface area contributed by atoms with E-state index in [1.165, 1.54) is 12.0 Å². The van der Waals surface area contributed by atoms with Gasteiger partial charge < -0.3 is 19.3 Å². The molecule has 2 aromatic carbocycles. The molecule has 1 aromatic heterocycles. The van der Waals surface area contributed by atoms with Gasteiger partial charge in [-0.25, -0.2) is 4.79 Å². The fourth-order valence-electron chi connectivity index (χ4n) is 3.25. The van der Waals surface area contributed by atoms with Crippen LogP contribution in [0.5, 0.6) is 5.75 Å². The summed E-state index contributed by atoms with van der Waals surface area (Å²) >= 11 is 6.06. The Balaban J connectivity index is 2.03. The number of benzene rings is 2. The first-order valence-corrected chi connectivity index (χ1v) is 8.62. The summed E-state index contributed by atoms with van der Waals surface area (Å²) < 4.78 is 6.90. The first-order valence-electron chi connectivity index (χ1n) is 8.24. The van der Waals surface area contributed by atoms with Crippen LogP contribution >= 0.6 is 11.6 Å². The van der Waals surface area contributed by atoms with Crippen molar-refractivity contribution < 1.29 is 19.4 Å². The minimum Gasteiger partial charge on any atom is -0.495 e. The Labute approximate surface area is 161 Å². The van der Waals surface area contributed by atoms with Gasteiger partial charge in [0.15, 0.2) is 0 Å². The Hall–Kier alpha value is -2.99. The molecular weight excluding hydrogens is 368 g/mol. The molecule has 1 amide bonds. The number of carbonyl (C=O) groups is 2. The lowest BCUT2D eigenvalue weighted by Gasteiger charge is -2.20. The number of nitrogens with zero attached hydrogens (tertiary/aromatic N) is 2. The molecule has 0 bridgehead atoms. The van der Waals surface area contributed by atoms with Crippen molar-refractivity contribution in [3.63, 3.8) is 0 Å². The van der Waals surface area contributed by atoms with Gasteiger partial charge in [0.25, 0.3) is 0 Å². The second-order valence-corrected chi connectivity index (χ2v) is 6.59. The van der Waals surface area contributed by atoms with Crippen LogP contribution in [0.4, 0.5) is 5.69 Å². The number of carbonyl (C=O) groups excluding carboxylic acids is 1. The Kier molecular flexibility index (Phi) is 5.10. The van der Waals surface area contributed by atoms with Gasteiger partial charge in [0.05, 0.1) is 19.2 Å². The summed E-state index contributed by atoms with van der Waals surface area (Å²) in [7, 11) is 4.81. The van der Waals surface area contributed by atoms with Gasteiger partial charge in [0, 0.05) is 35.6 Å². The first kappa shape index (κ1) is 18.8. The number of anilines is 1. The van der Waals surface area contributed by atoms with Gasteiger partial charge in [-0.3, -0.25) is 4.79 Å². The molecule has 1 heterocycles. The van der Waals surface area contributed by atoms with E-state index in [1.807, 2.05) is 24.3 Å². The third-order valence-electron chi connectivity index (χ3n) is 4.62. The van der Waals surface area contributed by atoms with Gasteiger partial charge in [-0.15, -0.1) is 0 Å². The van der Waals surface area contributed by atoms with E-state index in [-0.39, 0.29) is 18.0 Å². The fraction of sp³-hybridized carbons (Fsp3) is 0.200. The van der Waals surface area contributed by atoms with Crippen LogP contribution in [-0.2, 0) is 18.3 Å². The highest BCUT2D eigenvalue weighted by molar-refractivity contribution is 6.31. The molecule has 140 valence electrons. The van der Waals surface area contributed by atoms with Crippen molar-refractivity contribution in [1.29, 1.82) is 0 Å². The van der Waals surface area contributed by atoms with Crippen LogP contribution in [0.3, 0.4) is 0 Å². The number of aryl methyl sites for hydroxylation is 1. The SMILES string of the molecule is COc1ccc(Cl)cc1N(C)C(=O)Cc1c(C(=O)O)n(C)c2ccccc12. The van der Waals surface area contributed by atoms with Gasteiger partial charge in [-0.2, -0.15) is 0 Å². The number of hydrogen-bond donors (Lipinski definition) is 1. The summed E-state index contributed by atoms with van der Waals surface area (Å²) in [4.78, 5) is 26.2. The second-order valence-electron chi connectivity index (χ2n) is 6.15. The summed E-state index contributed by atoms with van der Waals surface area (Å²) in [6.45, 7) is 0. The van der Waals surface area contributed by atoms with E-state index in [2.05, 4.69) is 0 Å². The van der Waals surface area contributed by atoms with E-state index in [0.717, 1.165) is 10.9 Å². The maximum absolute atomic E-state index is 12.9. The number of ether oxygens (including phenoxy) is 1. The number of rotatable bonds is 5. The van der Waals surface area contributed by atoms with Crippen LogP contribution in [-0.4, -0.2) is 35.7 Å². The number of carboxylic acid groups (broad SMARTS) is 1. The minimum atomic E-state index is -1.07. The fourth-order valence-corrected chi connectivity index (χ4v) is 3.42. The molecule has 0 saturated heterocycles. The van der Waals surface area contributed by atoms with Gasteiger partial charge in [-0.05, 0) is 24.3 Å². The summed E-state index contributed by atoms with van der Waals surface area (Å²) in [5.74, 6) is -0.833. The summed E-state index contributed by atoms with van der Waals surface area (Å²) in [5, 5.41) is 10.9. The number of aromatic carboxylic acids is 1. The molecule has 0 aliphatic heterocycles. The van der Waals surface area contributed by atoms with Crippen molar-refractivity contribution in [3.05, 3.63) is 58.7 Å². The molecule has 0 aliphatic rings. The lowest BCUT2D eigenvalue weighted by molar-refractivity contribution is -0.117. The van der Waals surface area contributed by atoms with Crippen LogP contribution < -0.4 is 9.64 Å². The van der Waals surface area contributed by atoms with Gasteiger partial charge in [0.1, 0.15) is 11.4 Å². The third-order valence-corrected chi connectivity index (χ3v) is 4.85. The van der Waals surface area contributed by atoms with Crippen molar-refractivity contribution in [2.45, 2.75) is 6.42 Å². The molecular formula is C20H19ClN2O4. The number of fused-ring (bicyclic) bond motifs is 1. The van der Waals surface area contributed by atoms with Crippen molar-refractivity contribution in [3.8, 4) is 5.75 Å². The topological polar surface area (TPSA) is 71.8 Å². The normalized spacial score (nSPS) is 10.8.